The predicted molar refractivity (Wildman–Crippen MR) is 102 cm³/mol. The molecule has 0 aromatic heterocycles. The molecule has 4 nitrogen and oxygen atoms in total. The summed E-state index contributed by atoms with van der Waals surface area (Å²) >= 11 is 0. The molecule has 144 valence electrons. The van der Waals surface area contributed by atoms with Gasteiger partial charge in [-0.2, -0.15) is 0 Å². The predicted octanol–water partition coefficient (Wildman–Crippen LogP) is 3.35. The quantitative estimate of drug-likeness (QED) is 0.714. The van der Waals surface area contributed by atoms with E-state index < -0.39 is 23.8 Å². The number of likely N-dealkylation sites (tertiary alicyclic amines) is 1. The van der Waals surface area contributed by atoms with Crippen molar-refractivity contribution in [1.29, 1.82) is 0 Å². The number of nitrogens with zero attached hydrogens (tertiary/aromatic N) is 1. The molecule has 0 radical (unpaired) electrons. The van der Waals surface area contributed by atoms with Crippen LogP contribution >= 0.6 is 0 Å². The highest BCUT2D eigenvalue weighted by Gasteiger charge is 2.29. The summed E-state index contributed by atoms with van der Waals surface area (Å²) < 4.78 is 27.5. The average Bonchev–Trinajstić information content (AvgIpc) is 2.70. The number of piperidine rings is 1. The summed E-state index contributed by atoms with van der Waals surface area (Å²) in [5.41, 5.74) is 1.21. The first kappa shape index (κ1) is 18.5. The summed E-state index contributed by atoms with van der Waals surface area (Å²) in [4.78, 5) is 14.2. The van der Waals surface area contributed by atoms with E-state index in [0.717, 1.165) is 29.0 Å². The number of carbonyl (C=O) groups is 1. The van der Waals surface area contributed by atoms with Gasteiger partial charge in [0.05, 0.1) is 12.2 Å². The molecule has 6 heteroatoms. The lowest BCUT2D eigenvalue weighted by Crippen LogP contribution is -2.48. The van der Waals surface area contributed by atoms with Crippen molar-refractivity contribution in [2.24, 2.45) is 0 Å². The van der Waals surface area contributed by atoms with Crippen LogP contribution in [0.1, 0.15) is 16.8 Å². The second kappa shape index (κ2) is 7.30. The van der Waals surface area contributed by atoms with E-state index in [9.17, 15) is 23.8 Å². The van der Waals surface area contributed by atoms with Crippen molar-refractivity contribution in [2.75, 3.05) is 13.1 Å². The first-order chi connectivity index (χ1) is 13.4. The van der Waals surface area contributed by atoms with Gasteiger partial charge < -0.3 is 15.1 Å². The second-order valence-corrected chi connectivity index (χ2v) is 7.08. The fourth-order valence-electron chi connectivity index (χ4n) is 3.55. The third kappa shape index (κ3) is 3.48. The van der Waals surface area contributed by atoms with Gasteiger partial charge in [-0.15, -0.1) is 0 Å². The maximum atomic E-state index is 14.0. The van der Waals surface area contributed by atoms with Gasteiger partial charge in [-0.3, -0.25) is 4.79 Å². The number of benzene rings is 3. The third-order valence-corrected chi connectivity index (χ3v) is 5.16. The number of halogens is 2. The Morgan fingerprint density at radius 1 is 0.929 bits per heavy atom. The Bertz CT molecular complexity index is 1050. The molecule has 1 aliphatic rings. The van der Waals surface area contributed by atoms with Crippen LogP contribution in [0.2, 0.25) is 0 Å². The minimum Gasteiger partial charge on any atom is -0.390 e. The van der Waals surface area contributed by atoms with Gasteiger partial charge in [0.25, 0.3) is 5.91 Å². The molecule has 1 fully saturated rings. The minimum absolute atomic E-state index is 0.0931. The van der Waals surface area contributed by atoms with E-state index >= 15 is 0 Å². The average molecular weight is 383 g/mol. The van der Waals surface area contributed by atoms with Crippen LogP contribution in [0.5, 0.6) is 0 Å². The topological polar surface area (TPSA) is 60.8 Å². The second-order valence-electron chi connectivity index (χ2n) is 7.08. The molecule has 1 amide bonds. The summed E-state index contributed by atoms with van der Waals surface area (Å²) in [5, 5.41) is 21.0. The zero-order valence-corrected chi connectivity index (χ0v) is 15.0. The summed E-state index contributed by atoms with van der Waals surface area (Å²) in [6, 6.07) is 13.7. The van der Waals surface area contributed by atoms with Crippen molar-refractivity contribution in [2.45, 2.75) is 18.6 Å². The van der Waals surface area contributed by atoms with Gasteiger partial charge >= 0.3 is 0 Å². The SMILES string of the molecule is O=C(c1ccc2cc(-c3cc(F)ccc3F)ccc2c1)N1CC[C@H](O)[C@H](O)C1. The van der Waals surface area contributed by atoms with Gasteiger partial charge in [0.15, 0.2) is 0 Å². The van der Waals surface area contributed by atoms with Crippen LogP contribution in [0.25, 0.3) is 21.9 Å². The molecule has 28 heavy (non-hydrogen) atoms. The molecule has 2 N–H and O–H groups in total. The van der Waals surface area contributed by atoms with Crippen LogP contribution < -0.4 is 0 Å². The van der Waals surface area contributed by atoms with Gasteiger partial charge in [-0.05, 0) is 59.2 Å². The zero-order valence-electron chi connectivity index (χ0n) is 15.0. The maximum Gasteiger partial charge on any atom is 0.253 e. The normalized spacial score (nSPS) is 19.8. The van der Waals surface area contributed by atoms with Gasteiger partial charge in [-0.25, -0.2) is 8.78 Å². The summed E-state index contributed by atoms with van der Waals surface area (Å²) in [7, 11) is 0. The van der Waals surface area contributed by atoms with E-state index in [0.29, 0.717) is 24.1 Å². The Kier molecular flexibility index (Phi) is 4.83. The van der Waals surface area contributed by atoms with Crippen molar-refractivity contribution >= 4 is 16.7 Å². The van der Waals surface area contributed by atoms with E-state index in [1.54, 1.807) is 36.4 Å². The van der Waals surface area contributed by atoms with Crippen molar-refractivity contribution in [3.05, 3.63) is 71.8 Å². The highest BCUT2D eigenvalue weighted by atomic mass is 19.1. The van der Waals surface area contributed by atoms with Crippen LogP contribution in [0, 0.1) is 11.6 Å². The number of hydrogen-bond donors (Lipinski definition) is 2. The number of amides is 1. The molecule has 0 unspecified atom stereocenters. The number of rotatable bonds is 2. The molecule has 0 saturated carbocycles. The summed E-state index contributed by atoms with van der Waals surface area (Å²) in [6.45, 7) is 0.475. The lowest BCUT2D eigenvalue weighted by molar-refractivity contribution is -0.0321. The van der Waals surface area contributed by atoms with Gasteiger partial charge in [0.1, 0.15) is 11.6 Å². The first-order valence-electron chi connectivity index (χ1n) is 9.07. The van der Waals surface area contributed by atoms with Crippen LogP contribution in [0.4, 0.5) is 8.78 Å². The lowest BCUT2D eigenvalue weighted by atomic mass is 9.98. The van der Waals surface area contributed by atoms with Gasteiger partial charge in [-0.1, -0.05) is 18.2 Å². The minimum atomic E-state index is -0.943. The number of fused-ring (bicyclic) bond motifs is 1. The number of aliphatic hydroxyl groups excluding tert-OH is 2. The van der Waals surface area contributed by atoms with Crippen molar-refractivity contribution in [3.63, 3.8) is 0 Å². The van der Waals surface area contributed by atoms with Crippen molar-refractivity contribution in [3.8, 4) is 11.1 Å². The lowest BCUT2D eigenvalue weighted by Gasteiger charge is -2.33. The van der Waals surface area contributed by atoms with Gasteiger partial charge in [0, 0.05) is 24.2 Å². The van der Waals surface area contributed by atoms with E-state index in [1.807, 2.05) is 0 Å². The van der Waals surface area contributed by atoms with E-state index in [-0.39, 0.29) is 18.0 Å². The fourth-order valence-corrected chi connectivity index (χ4v) is 3.55. The van der Waals surface area contributed by atoms with E-state index in [1.165, 1.54) is 4.90 Å². The number of carbonyl (C=O) groups excluding carboxylic acids is 1. The molecule has 0 aliphatic carbocycles. The highest BCUT2D eigenvalue weighted by molar-refractivity contribution is 5.99. The largest absolute Gasteiger partial charge is 0.390 e. The molecule has 2 atom stereocenters. The summed E-state index contributed by atoms with van der Waals surface area (Å²) in [5.74, 6) is -1.22. The molecule has 3 aromatic rings. The Morgan fingerprint density at radius 2 is 1.68 bits per heavy atom. The maximum absolute atomic E-state index is 14.0. The zero-order chi connectivity index (χ0) is 19.8. The Balaban J connectivity index is 1.63. The standard InChI is InChI=1S/C22H19F2NO3/c23-17-5-6-19(24)18(11-17)15-3-1-14-10-16(4-2-13(14)9-15)22(28)25-8-7-20(26)21(27)12-25/h1-6,9-11,20-21,26-27H,7-8,12H2/t20-,21+/m0/s1. The van der Waals surface area contributed by atoms with Crippen LogP contribution in [0.3, 0.4) is 0 Å². The molecule has 0 spiro atoms. The van der Waals surface area contributed by atoms with Crippen LogP contribution in [0.15, 0.2) is 54.6 Å². The summed E-state index contributed by atoms with van der Waals surface area (Å²) in [6.07, 6.45) is -1.41. The van der Waals surface area contributed by atoms with Crippen molar-refractivity contribution in [1.82, 2.24) is 4.90 Å². The smallest absolute Gasteiger partial charge is 0.253 e. The van der Waals surface area contributed by atoms with E-state index in [4.69, 9.17) is 0 Å². The van der Waals surface area contributed by atoms with Crippen LogP contribution in [-0.4, -0.2) is 46.3 Å². The molecule has 1 saturated heterocycles. The number of aliphatic hydroxyl groups is 2. The number of β-amino-alcohol motifs (C(OH)–C–C–N with tert-alkyl or cyclic N) is 1. The number of hydrogen-bond acceptors (Lipinski definition) is 3. The molecule has 1 aliphatic heterocycles. The Hall–Kier alpha value is -2.83. The highest BCUT2D eigenvalue weighted by Crippen LogP contribution is 2.28. The first-order valence-corrected chi connectivity index (χ1v) is 9.07. The monoisotopic (exact) mass is 383 g/mol. The molecule has 1 heterocycles. The molecular weight excluding hydrogens is 364 g/mol. The van der Waals surface area contributed by atoms with Crippen molar-refractivity contribution < 1.29 is 23.8 Å². The van der Waals surface area contributed by atoms with E-state index in [2.05, 4.69) is 0 Å². The fraction of sp³-hybridized carbons (Fsp3) is 0.227. The molecule has 3 aromatic carbocycles. The molecule has 0 bridgehead atoms. The Labute approximate surface area is 160 Å². The third-order valence-electron chi connectivity index (χ3n) is 5.16. The Morgan fingerprint density at radius 3 is 2.46 bits per heavy atom. The van der Waals surface area contributed by atoms with Gasteiger partial charge in [0.2, 0.25) is 0 Å². The molecule has 4 rings (SSSR count). The molecular formula is C22H19F2NO3. The van der Waals surface area contributed by atoms with Crippen LogP contribution in [-0.2, 0) is 0 Å².